The summed E-state index contributed by atoms with van der Waals surface area (Å²) >= 11 is 0. The van der Waals surface area contributed by atoms with Crippen molar-refractivity contribution in [1.82, 2.24) is 9.55 Å². The summed E-state index contributed by atoms with van der Waals surface area (Å²) in [5.74, 6) is 0. The van der Waals surface area contributed by atoms with E-state index in [1.807, 2.05) is 12.1 Å². The normalized spacial score (nSPS) is 12.3. The third kappa shape index (κ3) is 3.22. The van der Waals surface area contributed by atoms with Crippen molar-refractivity contribution in [3.05, 3.63) is 140 Å². The van der Waals surface area contributed by atoms with E-state index >= 15 is 0 Å². The number of aromatic nitrogens is 2. The molecule has 0 bridgehead atoms. The van der Waals surface area contributed by atoms with E-state index in [0.29, 0.717) is 0 Å². The van der Waals surface area contributed by atoms with Crippen LogP contribution in [0.3, 0.4) is 0 Å². The van der Waals surface area contributed by atoms with Gasteiger partial charge in [-0.05, 0) is 65.7 Å². The minimum Gasteiger partial charge on any atom is -0.456 e. The van der Waals surface area contributed by atoms with Crippen molar-refractivity contribution in [2.45, 2.75) is 0 Å². The maximum absolute atomic E-state index is 6.36. The van der Waals surface area contributed by atoms with Crippen molar-refractivity contribution in [2.75, 3.05) is 0 Å². The lowest BCUT2D eigenvalue weighted by atomic mass is 10.0. The van der Waals surface area contributed by atoms with E-state index < -0.39 is 0 Å². The molecule has 0 saturated carbocycles. The highest BCUT2D eigenvalue weighted by molar-refractivity contribution is 6.19. The third-order valence-corrected chi connectivity index (χ3v) is 9.71. The second kappa shape index (κ2) is 8.68. The fourth-order valence-electron chi connectivity index (χ4n) is 7.57. The second-order valence-corrected chi connectivity index (χ2v) is 12.2. The Balaban J connectivity index is 1.16. The van der Waals surface area contributed by atoms with Gasteiger partial charge in [-0.25, -0.2) is 0 Å². The van der Waals surface area contributed by atoms with Crippen LogP contribution in [0.5, 0.6) is 0 Å². The zero-order valence-corrected chi connectivity index (χ0v) is 24.5. The van der Waals surface area contributed by atoms with Crippen LogP contribution in [0.1, 0.15) is 0 Å². The second-order valence-electron chi connectivity index (χ2n) is 12.2. The number of nitrogens with zero attached hydrogens (tertiary/aromatic N) is 1. The molecule has 7 aromatic carbocycles. The molecular formula is C42H24N2O2. The fourth-order valence-corrected chi connectivity index (χ4v) is 7.57. The van der Waals surface area contributed by atoms with Crippen LogP contribution in [-0.2, 0) is 0 Å². The first-order chi connectivity index (χ1) is 22.8. The van der Waals surface area contributed by atoms with Gasteiger partial charge in [0.2, 0.25) is 0 Å². The smallest absolute Gasteiger partial charge is 0.137 e. The maximum atomic E-state index is 6.36. The minimum atomic E-state index is 0.891. The zero-order valence-electron chi connectivity index (χ0n) is 24.5. The summed E-state index contributed by atoms with van der Waals surface area (Å²) < 4.78 is 15.1. The van der Waals surface area contributed by atoms with Gasteiger partial charge in [-0.15, -0.1) is 0 Å². The van der Waals surface area contributed by atoms with Crippen LogP contribution in [0.15, 0.2) is 148 Å². The van der Waals surface area contributed by atoms with E-state index in [1.165, 1.54) is 21.5 Å². The molecule has 0 amide bonds. The molecule has 11 aromatic rings. The van der Waals surface area contributed by atoms with E-state index in [4.69, 9.17) is 8.83 Å². The minimum absolute atomic E-state index is 0.891. The Morgan fingerprint density at radius 1 is 0.370 bits per heavy atom. The molecule has 0 aliphatic rings. The molecule has 4 aromatic heterocycles. The van der Waals surface area contributed by atoms with E-state index in [0.717, 1.165) is 82.8 Å². The van der Waals surface area contributed by atoms with Crippen LogP contribution in [0.4, 0.5) is 0 Å². The summed E-state index contributed by atoms with van der Waals surface area (Å²) in [4.78, 5) is 3.55. The lowest BCUT2D eigenvalue weighted by molar-refractivity contribution is 0.669. The first-order valence-corrected chi connectivity index (χ1v) is 15.6. The third-order valence-electron chi connectivity index (χ3n) is 9.71. The van der Waals surface area contributed by atoms with Gasteiger partial charge in [0.05, 0.1) is 16.6 Å². The van der Waals surface area contributed by atoms with Gasteiger partial charge < -0.3 is 18.4 Å². The Bertz CT molecular complexity index is 3020. The molecule has 46 heavy (non-hydrogen) atoms. The maximum Gasteiger partial charge on any atom is 0.137 e. The number of rotatable bonds is 2. The summed E-state index contributed by atoms with van der Waals surface area (Å²) in [6, 6.07) is 49.6. The van der Waals surface area contributed by atoms with Crippen LogP contribution >= 0.6 is 0 Å². The van der Waals surface area contributed by atoms with Gasteiger partial charge in [-0.1, -0.05) is 72.8 Å². The SMILES string of the molecule is c1ccc(-n2c3cc(-c4ccc5oc6cc7[nH]c8ccccc8c7cc6c5c4)ccc3c3cc4c(cc32)oc2ccccc24)cc1. The molecule has 4 heteroatoms. The molecule has 4 heterocycles. The van der Waals surface area contributed by atoms with Gasteiger partial charge in [0.25, 0.3) is 0 Å². The standard InChI is InChI=1S/C42H24N2O2/c1-2-8-26(9-3-1)44-37-19-25(14-16-28(37)31-21-33-29-11-5-7-13-39(29)45-42(33)23-38(31)44)24-15-17-40-32(18-24)34-20-30-27-10-4-6-12-35(27)43-36(30)22-41(34)46-40/h1-23,43H. The Hall–Kier alpha value is -6.26. The summed E-state index contributed by atoms with van der Waals surface area (Å²) in [6.45, 7) is 0. The van der Waals surface area contributed by atoms with E-state index in [9.17, 15) is 0 Å². The Kier molecular flexibility index (Phi) is 4.55. The predicted molar refractivity (Wildman–Crippen MR) is 190 cm³/mol. The van der Waals surface area contributed by atoms with Crippen molar-refractivity contribution < 1.29 is 8.83 Å². The van der Waals surface area contributed by atoms with Gasteiger partial charge in [-0.2, -0.15) is 0 Å². The summed E-state index contributed by atoms with van der Waals surface area (Å²) in [6.07, 6.45) is 0. The molecule has 0 radical (unpaired) electrons. The number of hydrogen-bond donors (Lipinski definition) is 1. The van der Waals surface area contributed by atoms with Gasteiger partial charge in [0.1, 0.15) is 22.3 Å². The number of hydrogen-bond acceptors (Lipinski definition) is 2. The van der Waals surface area contributed by atoms with Crippen molar-refractivity contribution in [2.24, 2.45) is 0 Å². The number of nitrogens with one attached hydrogen (secondary N) is 1. The molecular weight excluding hydrogens is 564 g/mol. The molecule has 0 saturated heterocycles. The molecule has 11 rings (SSSR count). The number of furan rings is 2. The molecule has 0 aliphatic heterocycles. The molecule has 0 spiro atoms. The van der Waals surface area contributed by atoms with Crippen molar-refractivity contribution in [1.29, 1.82) is 0 Å². The number of para-hydroxylation sites is 3. The summed E-state index contributed by atoms with van der Waals surface area (Å²) in [5, 5.41) is 9.39. The quantitative estimate of drug-likeness (QED) is 0.218. The number of H-pyrrole nitrogens is 1. The van der Waals surface area contributed by atoms with Crippen LogP contribution in [0.2, 0.25) is 0 Å². The van der Waals surface area contributed by atoms with Gasteiger partial charge in [0.15, 0.2) is 0 Å². The number of fused-ring (bicyclic) bond motifs is 12. The van der Waals surface area contributed by atoms with Gasteiger partial charge in [0, 0.05) is 66.4 Å². The van der Waals surface area contributed by atoms with Crippen molar-refractivity contribution >= 4 is 87.5 Å². The lowest BCUT2D eigenvalue weighted by Gasteiger charge is -2.09. The van der Waals surface area contributed by atoms with Crippen molar-refractivity contribution in [3.8, 4) is 16.8 Å². The summed E-state index contributed by atoms with van der Waals surface area (Å²) in [5.41, 5.74) is 11.5. The zero-order chi connectivity index (χ0) is 29.9. The van der Waals surface area contributed by atoms with Crippen LogP contribution in [0, 0.1) is 0 Å². The number of benzene rings is 7. The topological polar surface area (TPSA) is 47.0 Å². The molecule has 1 N–H and O–H groups in total. The van der Waals surface area contributed by atoms with Crippen LogP contribution in [-0.4, -0.2) is 9.55 Å². The van der Waals surface area contributed by atoms with Crippen LogP contribution < -0.4 is 0 Å². The number of aromatic amines is 1. The highest BCUT2D eigenvalue weighted by Gasteiger charge is 2.18. The molecule has 0 fully saturated rings. The largest absolute Gasteiger partial charge is 0.456 e. The van der Waals surface area contributed by atoms with E-state index in [2.05, 4.69) is 137 Å². The van der Waals surface area contributed by atoms with Crippen molar-refractivity contribution in [3.63, 3.8) is 0 Å². The first-order valence-electron chi connectivity index (χ1n) is 15.6. The predicted octanol–water partition coefficient (Wildman–Crippen LogP) is 11.9. The van der Waals surface area contributed by atoms with E-state index in [1.54, 1.807) is 0 Å². The van der Waals surface area contributed by atoms with Crippen LogP contribution in [0.25, 0.3) is 104 Å². The Morgan fingerprint density at radius 3 is 1.93 bits per heavy atom. The highest BCUT2D eigenvalue weighted by Crippen LogP contribution is 2.41. The fraction of sp³-hybridized carbons (Fsp3) is 0. The summed E-state index contributed by atoms with van der Waals surface area (Å²) in [7, 11) is 0. The molecule has 4 nitrogen and oxygen atoms in total. The average molecular weight is 589 g/mol. The molecule has 0 aliphatic carbocycles. The molecule has 0 unspecified atom stereocenters. The first kappa shape index (κ1) is 24.1. The van der Waals surface area contributed by atoms with Gasteiger partial charge >= 0.3 is 0 Å². The monoisotopic (exact) mass is 588 g/mol. The Morgan fingerprint density at radius 2 is 1.02 bits per heavy atom. The average Bonchev–Trinajstić information content (AvgIpc) is 3.84. The van der Waals surface area contributed by atoms with E-state index in [-0.39, 0.29) is 0 Å². The lowest BCUT2D eigenvalue weighted by Crippen LogP contribution is -1.93. The highest BCUT2D eigenvalue weighted by atomic mass is 16.3. The Labute approximate surface area is 261 Å². The van der Waals surface area contributed by atoms with Gasteiger partial charge in [-0.3, -0.25) is 0 Å². The molecule has 0 atom stereocenters. The molecule has 214 valence electrons.